The molecule has 2 N–H and O–H groups in total. The van der Waals surface area contributed by atoms with E-state index < -0.39 is 29.5 Å². The smallest absolute Gasteiger partial charge is 0.251 e. The molecule has 0 aromatic heterocycles. The minimum absolute atomic E-state index is 0.111. The van der Waals surface area contributed by atoms with Crippen molar-refractivity contribution in [1.82, 2.24) is 5.32 Å². The summed E-state index contributed by atoms with van der Waals surface area (Å²) in [5.74, 6) is -2.58. The highest BCUT2D eigenvalue weighted by Crippen LogP contribution is 2.16. The molecule has 0 heterocycles. The Morgan fingerprint density at radius 2 is 1.70 bits per heavy atom. The average molecular weight is 376 g/mol. The van der Waals surface area contributed by atoms with Gasteiger partial charge >= 0.3 is 0 Å². The van der Waals surface area contributed by atoms with Crippen LogP contribution in [0.1, 0.15) is 31.1 Å². The number of halogens is 2. The molecule has 0 radical (unpaired) electrons. The second kappa shape index (κ2) is 9.12. The topological polar surface area (TPSA) is 67.4 Å². The van der Waals surface area contributed by atoms with Crippen LogP contribution in [-0.2, 0) is 4.79 Å². The second-order valence-corrected chi connectivity index (χ2v) is 6.27. The maximum Gasteiger partial charge on any atom is 0.251 e. The van der Waals surface area contributed by atoms with Gasteiger partial charge in [0.05, 0.1) is 6.61 Å². The predicted octanol–water partition coefficient (Wildman–Crippen LogP) is 3.76. The molecule has 2 amide bonds. The molecule has 2 aromatic carbocycles. The van der Waals surface area contributed by atoms with E-state index in [0.717, 1.165) is 12.1 Å². The van der Waals surface area contributed by atoms with Gasteiger partial charge in [-0.1, -0.05) is 13.8 Å². The summed E-state index contributed by atoms with van der Waals surface area (Å²) in [7, 11) is 0. The lowest BCUT2D eigenvalue weighted by atomic mass is 10.0. The van der Waals surface area contributed by atoms with Crippen molar-refractivity contribution >= 4 is 17.5 Å². The van der Waals surface area contributed by atoms with Crippen LogP contribution in [0.2, 0.25) is 0 Å². The standard InChI is InChI=1S/C20H22F2N2O3/c1-4-27-15-8-5-13(6-9-15)19(25)24-18(12(2)3)20(26)23-14-7-10-16(21)17(22)11-14/h5-12,18H,4H2,1-3H3,(H,23,26)(H,24,25). The number of rotatable bonds is 7. The molecule has 7 heteroatoms. The van der Waals surface area contributed by atoms with E-state index in [1.165, 1.54) is 6.07 Å². The van der Waals surface area contributed by atoms with Gasteiger partial charge in [-0.15, -0.1) is 0 Å². The van der Waals surface area contributed by atoms with Crippen molar-refractivity contribution in [2.45, 2.75) is 26.8 Å². The lowest BCUT2D eigenvalue weighted by molar-refractivity contribution is -0.118. The van der Waals surface area contributed by atoms with E-state index in [2.05, 4.69) is 10.6 Å². The third kappa shape index (κ3) is 5.51. The Kier molecular flexibility index (Phi) is 6.87. The summed E-state index contributed by atoms with van der Waals surface area (Å²) < 4.78 is 31.6. The quantitative estimate of drug-likeness (QED) is 0.773. The lowest BCUT2D eigenvalue weighted by Gasteiger charge is -2.22. The van der Waals surface area contributed by atoms with E-state index >= 15 is 0 Å². The molecule has 1 atom stereocenters. The molecule has 144 valence electrons. The first-order valence-electron chi connectivity index (χ1n) is 8.61. The van der Waals surface area contributed by atoms with Crippen LogP contribution in [0.3, 0.4) is 0 Å². The van der Waals surface area contributed by atoms with Crippen LogP contribution in [0.5, 0.6) is 5.75 Å². The number of hydrogen-bond donors (Lipinski definition) is 2. The van der Waals surface area contributed by atoms with Gasteiger partial charge in [0.2, 0.25) is 5.91 Å². The number of ether oxygens (including phenoxy) is 1. The van der Waals surface area contributed by atoms with Crippen molar-refractivity contribution in [1.29, 1.82) is 0 Å². The number of anilines is 1. The summed E-state index contributed by atoms with van der Waals surface area (Å²) in [5.41, 5.74) is 0.490. The van der Waals surface area contributed by atoms with Gasteiger partial charge in [-0.25, -0.2) is 8.78 Å². The Morgan fingerprint density at radius 1 is 1.04 bits per heavy atom. The molecule has 0 saturated carbocycles. The third-order valence-electron chi connectivity index (χ3n) is 3.85. The Labute approximate surface area is 156 Å². The average Bonchev–Trinajstić information content (AvgIpc) is 2.63. The van der Waals surface area contributed by atoms with Crippen LogP contribution in [0, 0.1) is 17.6 Å². The van der Waals surface area contributed by atoms with Crippen LogP contribution in [0.15, 0.2) is 42.5 Å². The van der Waals surface area contributed by atoms with Crippen molar-refractivity contribution < 1.29 is 23.1 Å². The molecule has 27 heavy (non-hydrogen) atoms. The molecule has 0 saturated heterocycles. The molecule has 5 nitrogen and oxygen atoms in total. The Bertz CT molecular complexity index is 807. The molecule has 0 aliphatic rings. The van der Waals surface area contributed by atoms with Crippen LogP contribution in [0.4, 0.5) is 14.5 Å². The first-order chi connectivity index (χ1) is 12.8. The SMILES string of the molecule is CCOc1ccc(C(=O)NC(C(=O)Nc2ccc(F)c(F)c2)C(C)C)cc1. The second-order valence-electron chi connectivity index (χ2n) is 6.27. The number of amides is 2. The van der Waals surface area contributed by atoms with Crippen LogP contribution in [0.25, 0.3) is 0 Å². The molecular formula is C20H22F2N2O3. The number of nitrogens with one attached hydrogen (secondary N) is 2. The number of carbonyl (C=O) groups is 2. The van der Waals surface area contributed by atoms with E-state index in [1.54, 1.807) is 38.1 Å². The maximum atomic E-state index is 13.3. The highest BCUT2D eigenvalue weighted by molar-refractivity contribution is 6.01. The highest BCUT2D eigenvalue weighted by Gasteiger charge is 2.25. The molecular weight excluding hydrogens is 354 g/mol. The summed E-state index contributed by atoms with van der Waals surface area (Å²) in [6.07, 6.45) is 0. The zero-order valence-electron chi connectivity index (χ0n) is 15.4. The molecule has 1 unspecified atom stereocenters. The largest absolute Gasteiger partial charge is 0.494 e. The number of carbonyl (C=O) groups excluding carboxylic acids is 2. The Balaban J connectivity index is 2.08. The minimum atomic E-state index is -1.06. The predicted molar refractivity (Wildman–Crippen MR) is 98.7 cm³/mol. The van der Waals surface area contributed by atoms with Crippen molar-refractivity contribution in [2.75, 3.05) is 11.9 Å². The van der Waals surface area contributed by atoms with E-state index in [1.807, 2.05) is 6.92 Å². The van der Waals surface area contributed by atoms with Crippen LogP contribution < -0.4 is 15.4 Å². The molecule has 0 bridgehead atoms. The van der Waals surface area contributed by atoms with Gasteiger partial charge in [-0.05, 0) is 49.2 Å². The Morgan fingerprint density at radius 3 is 2.26 bits per heavy atom. The van der Waals surface area contributed by atoms with Gasteiger partial charge in [0, 0.05) is 17.3 Å². The summed E-state index contributed by atoms with van der Waals surface area (Å²) >= 11 is 0. The van der Waals surface area contributed by atoms with E-state index in [-0.39, 0.29) is 11.6 Å². The fourth-order valence-electron chi connectivity index (χ4n) is 2.42. The summed E-state index contributed by atoms with van der Waals surface area (Å²) in [4.78, 5) is 24.9. The summed E-state index contributed by atoms with van der Waals surface area (Å²) in [5, 5.41) is 5.16. The van der Waals surface area contributed by atoms with Crippen molar-refractivity contribution in [3.05, 3.63) is 59.7 Å². The van der Waals surface area contributed by atoms with E-state index in [0.29, 0.717) is 17.9 Å². The maximum absolute atomic E-state index is 13.3. The molecule has 2 aromatic rings. The first-order valence-corrected chi connectivity index (χ1v) is 8.61. The van der Waals surface area contributed by atoms with Crippen LogP contribution >= 0.6 is 0 Å². The fraction of sp³-hybridized carbons (Fsp3) is 0.300. The fourth-order valence-corrected chi connectivity index (χ4v) is 2.42. The zero-order valence-corrected chi connectivity index (χ0v) is 15.4. The van der Waals surface area contributed by atoms with E-state index in [9.17, 15) is 18.4 Å². The number of hydrogen-bond acceptors (Lipinski definition) is 3. The molecule has 2 rings (SSSR count). The molecule has 0 fully saturated rings. The van der Waals surface area contributed by atoms with E-state index in [4.69, 9.17) is 4.74 Å². The summed E-state index contributed by atoms with van der Waals surface area (Å²) in [6, 6.07) is 8.76. The monoisotopic (exact) mass is 376 g/mol. The Hall–Kier alpha value is -2.96. The first kappa shape index (κ1) is 20.4. The van der Waals surface area contributed by atoms with Gasteiger partial charge < -0.3 is 15.4 Å². The zero-order chi connectivity index (χ0) is 20.0. The van der Waals surface area contributed by atoms with Gasteiger partial charge in [0.25, 0.3) is 5.91 Å². The van der Waals surface area contributed by atoms with Gasteiger partial charge in [-0.3, -0.25) is 9.59 Å². The van der Waals surface area contributed by atoms with Gasteiger partial charge in [0.15, 0.2) is 11.6 Å². The minimum Gasteiger partial charge on any atom is -0.494 e. The van der Waals surface area contributed by atoms with Crippen LogP contribution in [-0.4, -0.2) is 24.5 Å². The van der Waals surface area contributed by atoms with Crippen molar-refractivity contribution in [3.63, 3.8) is 0 Å². The van der Waals surface area contributed by atoms with Gasteiger partial charge in [0.1, 0.15) is 11.8 Å². The third-order valence-corrected chi connectivity index (χ3v) is 3.85. The van der Waals surface area contributed by atoms with Crippen molar-refractivity contribution in [3.8, 4) is 5.75 Å². The summed E-state index contributed by atoms with van der Waals surface area (Å²) in [6.45, 7) is 5.92. The molecule has 0 spiro atoms. The molecule has 0 aliphatic carbocycles. The number of benzene rings is 2. The lowest BCUT2D eigenvalue weighted by Crippen LogP contribution is -2.47. The highest BCUT2D eigenvalue weighted by atomic mass is 19.2. The normalized spacial score (nSPS) is 11.8. The van der Waals surface area contributed by atoms with Crippen molar-refractivity contribution in [2.24, 2.45) is 5.92 Å². The van der Waals surface area contributed by atoms with Gasteiger partial charge in [-0.2, -0.15) is 0 Å². The molecule has 0 aliphatic heterocycles.